The van der Waals surface area contributed by atoms with Crippen molar-refractivity contribution in [2.45, 2.75) is 13.8 Å². The Hall–Kier alpha value is -2.36. The topological polar surface area (TPSA) is 46.6 Å². The summed E-state index contributed by atoms with van der Waals surface area (Å²) in [5.41, 5.74) is 0.672. The first kappa shape index (κ1) is 14.1. The molecule has 0 N–H and O–H groups in total. The maximum atomic E-state index is 12.3. The van der Waals surface area contributed by atoms with Crippen molar-refractivity contribution >= 4 is 23.2 Å². The molecule has 2 aromatic carbocycles. The lowest BCUT2D eigenvalue weighted by atomic mass is 10.1. The first-order valence-corrected chi connectivity index (χ1v) is 6.63. The third kappa shape index (κ3) is 2.79. The molecule has 0 aliphatic rings. The molecule has 0 spiro atoms. The molecule has 4 heteroatoms. The summed E-state index contributed by atoms with van der Waals surface area (Å²) in [5.74, 6) is 0.528. The number of rotatable bonds is 5. The summed E-state index contributed by atoms with van der Waals surface area (Å²) in [5, 5.41) is 1.88. The van der Waals surface area contributed by atoms with Gasteiger partial charge in [0, 0.05) is 18.7 Å². The summed E-state index contributed by atoms with van der Waals surface area (Å²) in [7, 11) is 0. The van der Waals surface area contributed by atoms with Gasteiger partial charge in [0.1, 0.15) is 5.75 Å². The number of nitrogens with zero attached hydrogens (tertiary/aromatic N) is 1. The zero-order valence-corrected chi connectivity index (χ0v) is 11.6. The molecular weight excluding hydrogens is 254 g/mol. The van der Waals surface area contributed by atoms with E-state index in [0.29, 0.717) is 30.9 Å². The van der Waals surface area contributed by atoms with Crippen LogP contribution in [-0.4, -0.2) is 30.4 Å². The third-order valence-corrected chi connectivity index (χ3v) is 3.29. The highest BCUT2D eigenvalue weighted by molar-refractivity contribution is 5.98. The van der Waals surface area contributed by atoms with Gasteiger partial charge < -0.3 is 9.64 Å². The number of amides is 1. The third-order valence-electron chi connectivity index (χ3n) is 3.29. The molecule has 0 saturated carbocycles. The smallest absolute Gasteiger partial charge is 0.298 e. The second-order valence-corrected chi connectivity index (χ2v) is 4.42. The quantitative estimate of drug-likeness (QED) is 0.786. The van der Waals surface area contributed by atoms with E-state index in [4.69, 9.17) is 4.74 Å². The molecule has 0 saturated heterocycles. The molecule has 4 nitrogen and oxygen atoms in total. The van der Waals surface area contributed by atoms with E-state index in [-0.39, 0.29) is 5.91 Å². The molecule has 0 aliphatic heterocycles. The number of carbonyl (C=O) groups is 2. The zero-order chi connectivity index (χ0) is 14.5. The predicted octanol–water partition coefficient (Wildman–Crippen LogP) is 2.86. The fourth-order valence-corrected chi connectivity index (χ4v) is 2.18. The highest BCUT2D eigenvalue weighted by Crippen LogP contribution is 2.22. The van der Waals surface area contributed by atoms with Crippen LogP contribution in [0, 0.1) is 0 Å². The average molecular weight is 271 g/mol. The van der Waals surface area contributed by atoms with Crippen LogP contribution in [0.25, 0.3) is 10.8 Å². The fraction of sp³-hybridized carbons (Fsp3) is 0.250. The van der Waals surface area contributed by atoms with Gasteiger partial charge in [-0.1, -0.05) is 12.1 Å². The predicted molar refractivity (Wildman–Crippen MR) is 77.9 cm³/mol. The monoisotopic (exact) mass is 271 g/mol. The van der Waals surface area contributed by atoms with Gasteiger partial charge in [0.05, 0.1) is 0 Å². The van der Waals surface area contributed by atoms with E-state index in [9.17, 15) is 9.59 Å². The molecule has 0 bridgehead atoms. The lowest BCUT2D eigenvalue weighted by molar-refractivity contribution is -0.120. The van der Waals surface area contributed by atoms with Crippen molar-refractivity contribution in [2.75, 3.05) is 13.1 Å². The van der Waals surface area contributed by atoms with Crippen LogP contribution >= 0.6 is 0 Å². The number of hydrogen-bond acceptors (Lipinski definition) is 3. The van der Waals surface area contributed by atoms with E-state index in [0.717, 1.165) is 10.8 Å². The van der Waals surface area contributed by atoms with Gasteiger partial charge in [-0.25, -0.2) is 0 Å². The molecule has 0 fully saturated rings. The first-order valence-electron chi connectivity index (χ1n) is 6.63. The molecule has 2 rings (SSSR count). The van der Waals surface area contributed by atoms with Crippen LogP contribution in [0.3, 0.4) is 0 Å². The Bertz CT molecular complexity index is 633. The Morgan fingerprint density at radius 3 is 2.40 bits per heavy atom. The second-order valence-electron chi connectivity index (χ2n) is 4.42. The van der Waals surface area contributed by atoms with Crippen molar-refractivity contribution in [1.82, 2.24) is 4.90 Å². The van der Waals surface area contributed by atoms with Crippen molar-refractivity contribution in [3.8, 4) is 5.75 Å². The van der Waals surface area contributed by atoms with Gasteiger partial charge in [0.15, 0.2) is 0 Å². The maximum Gasteiger partial charge on any atom is 0.298 e. The number of ether oxygens (including phenoxy) is 1. The van der Waals surface area contributed by atoms with Crippen LogP contribution in [0.1, 0.15) is 24.2 Å². The van der Waals surface area contributed by atoms with Gasteiger partial charge in [0.2, 0.25) is 0 Å². The Balaban J connectivity index is 2.36. The Morgan fingerprint density at radius 1 is 1.10 bits per heavy atom. The van der Waals surface area contributed by atoms with Gasteiger partial charge in [0.25, 0.3) is 12.4 Å². The summed E-state index contributed by atoms with van der Waals surface area (Å²) in [6.45, 7) is 5.72. The molecule has 20 heavy (non-hydrogen) atoms. The van der Waals surface area contributed by atoms with E-state index in [1.54, 1.807) is 23.1 Å². The van der Waals surface area contributed by atoms with Gasteiger partial charge in [-0.15, -0.1) is 0 Å². The molecule has 2 aromatic rings. The Morgan fingerprint density at radius 2 is 1.75 bits per heavy atom. The zero-order valence-electron chi connectivity index (χ0n) is 11.6. The Kier molecular flexibility index (Phi) is 4.35. The van der Waals surface area contributed by atoms with Crippen LogP contribution in [0.4, 0.5) is 0 Å². The van der Waals surface area contributed by atoms with Crippen molar-refractivity contribution in [3.05, 3.63) is 42.0 Å². The van der Waals surface area contributed by atoms with E-state index in [1.807, 2.05) is 32.0 Å². The van der Waals surface area contributed by atoms with Crippen LogP contribution in [0.15, 0.2) is 36.4 Å². The SMILES string of the molecule is CCN(CC)C(=O)c1ccc2cc(OC=O)ccc2c1. The number of fused-ring (bicyclic) bond motifs is 1. The summed E-state index contributed by atoms with van der Waals surface area (Å²) in [4.78, 5) is 24.4. The summed E-state index contributed by atoms with van der Waals surface area (Å²) >= 11 is 0. The lowest BCUT2D eigenvalue weighted by Crippen LogP contribution is -2.30. The molecule has 0 atom stereocenters. The van der Waals surface area contributed by atoms with Crippen LogP contribution < -0.4 is 4.74 Å². The van der Waals surface area contributed by atoms with E-state index >= 15 is 0 Å². The molecule has 0 aliphatic carbocycles. The van der Waals surface area contributed by atoms with Crippen molar-refractivity contribution < 1.29 is 14.3 Å². The van der Waals surface area contributed by atoms with Gasteiger partial charge in [-0.05, 0) is 48.9 Å². The minimum absolute atomic E-state index is 0.0325. The summed E-state index contributed by atoms with van der Waals surface area (Å²) in [6, 6.07) is 10.9. The van der Waals surface area contributed by atoms with Crippen molar-refractivity contribution in [1.29, 1.82) is 0 Å². The Labute approximate surface area is 117 Å². The molecular formula is C16H17NO3. The summed E-state index contributed by atoms with van der Waals surface area (Å²) in [6.07, 6.45) is 0. The standard InChI is InChI=1S/C16H17NO3/c1-3-17(4-2)16(19)14-6-5-13-10-15(20-11-18)8-7-12(13)9-14/h5-11H,3-4H2,1-2H3. The maximum absolute atomic E-state index is 12.3. The van der Waals surface area contributed by atoms with E-state index < -0.39 is 0 Å². The number of carbonyl (C=O) groups excluding carboxylic acids is 2. The number of benzene rings is 2. The molecule has 0 radical (unpaired) electrons. The number of hydrogen-bond donors (Lipinski definition) is 0. The first-order chi connectivity index (χ1) is 9.69. The second kappa shape index (κ2) is 6.19. The normalized spacial score (nSPS) is 10.3. The van der Waals surface area contributed by atoms with Crippen molar-refractivity contribution in [3.63, 3.8) is 0 Å². The minimum Gasteiger partial charge on any atom is -0.429 e. The molecule has 0 heterocycles. The van der Waals surface area contributed by atoms with Gasteiger partial charge in [-0.2, -0.15) is 0 Å². The van der Waals surface area contributed by atoms with Gasteiger partial charge in [-0.3, -0.25) is 9.59 Å². The molecule has 0 unspecified atom stereocenters. The summed E-state index contributed by atoms with van der Waals surface area (Å²) < 4.78 is 4.81. The average Bonchev–Trinajstić information content (AvgIpc) is 2.48. The van der Waals surface area contributed by atoms with Gasteiger partial charge >= 0.3 is 0 Å². The highest BCUT2D eigenvalue weighted by Gasteiger charge is 2.12. The lowest BCUT2D eigenvalue weighted by Gasteiger charge is -2.18. The van der Waals surface area contributed by atoms with Crippen LogP contribution in [0.5, 0.6) is 5.75 Å². The molecule has 1 amide bonds. The van der Waals surface area contributed by atoms with Crippen LogP contribution in [0.2, 0.25) is 0 Å². The molecule has 0 aromatic heterocycles. The van der Waals surface area contributed by atoms with Crippen molar-refractivity contribution in [2.24, 2.45) is 0 Å². The fourth-order valence-electron chi connectivity index (χ4n) is 2.18. The highest BCUT2D eigenvalue weighted by atomic mass is 16.5. The van der Waals surface area contributed by atoms with E-state index in [2.05, 4.69) is 0 Å². The largest absolute Gasteiger partial charge is 0.429 e. The molecule has 104 valence electrons. The van der Waals surface area contributed by atoms with Crippen LogP contribution in [-0.2, 0) is 4.79 Å². The minimum atomic E-state index is 0.0325. The van der Waals surface area contributed by atoms with E-state index in [1.165, 1.54) is 0 Å².